The molecule has 0 saturated carbocycles. The van der Waals surface area contributed by atoms with Gasteiger partial charge in [0.05, 0.1) is 6.61 Å². The van der Waals surface area contributed by atoms with Gasteiger partial charge in [-0.1, -0.05) is 11.6 Å². The zero-order valence-electron chi connectivity index (χ0n) is 9.18. The Kier molecular flexibility index (Phi) is 3.61. The van der Waals surface area contributed by atoms with Gasteiger partial charge in [0.1, 0.15) is 5.75 Å². The third-order valence-electron chi connectivity index (χ3n) is 2.12. The molecule has 0 aliphatic heterocycles. The number of aliphatic hydroxyl groups excluding tert-OH is 1. The Morgan fingerprint density at radius 3 is 2.88 bits per heavy atom. The molecule has 5 nitrogen and oxygen atoms in total. The average Bonchev–Trinajstić information content (AvgIpc) is 2.74. The van der Waals surface area contributed by atoms with Crippen LogP contribution in [0.1, 0.15) is 17.3 Å². The molecule has 0 saturated heterocycles. The third kappa shape index (κ3) is 2.95. The van der Waals surface area contributed by atoms with E-state index in [-0.39, 0.29) is 13.2 Å². The van der Waals surface area contributed by atoms with Crippen molar-refractivity contribution in [3.63, 3.8) is 0 Å². The summed E-state index contributed by atoms with van der Waals surface area (Å²) in [6, 6.07) is 5.05. The number of aryl methyl sites for hydroxylation is 1. The van der Waals surface area contributed by atoms with E-state index in [4.69, 9.17) is 25.9 Å². The van der Waals surface area contributed by atoms with Crippen molar-refractivity contribution >= 4 is 11.6 Å². The minimum Gasteiger partial charge on any atom is -0.484 e. The largest absolute Gasteiger partial charge is 0.484 e. The van der Waals surface area contributed by atoms with E-state index in [1.807, 2.05) is 0 Å². The van der Waals surface area contributed by atoms with E-state index < -0.39 is 0 Å². The van der Waals surface area contributed by atoms with E-state index >= 15 is 0 Å². The van der Waals surface area contributed by atoms with Gasteiger partial charge in [0, 0.05) is 11.9 Å². The maximum absolute atomic E-state index is 9.05. The monoisotopic (exact) mass is 254 g/mol. The quantitative estimate of drug-likeness (QED) is 0.905. The summed E-state index contributed by atoms with van der Waals surface area (Å²) in [5.41, 5.74) is 0.617. The molecule has 90 valence electrons. The summed E-state index contributed by atoms with van der Waals surface area (Å²) in [5, 5.41) is 17.1. The second-order valence-corrected chi connectivity index (χ2v) is 3.82. The average molecular weight is 255 g/mol. The molecule has 6 heteroatoms. The number of hydrogen-bond acceptors (Lipinski definition) is 5. The van der Waals surface area contributed by atoms with Crippen molar-refractivity contribution in [3.8, 4) is 5.75 Å². The molecule has 1 aromatic carbocycles. The summed E-state index contributed by atoms with van der Waals surface area (Å²) in [4.78, 5) is 0. The van der Waals surface area contributed by atoms with Gasteiger partial charge in [0.25, 0.3) is 5.89 Å². The lowest BCUT2D eigenvalue weighted by Gasteiger charge is -2.06. The van der Waals surface area contributed by atoms with Gasteiger partial charge in [0.2, 0.25) is 5.89 Å². The highest BCUT2D eigenvalue weighted by molar-refractivity contribution is 6.31. The number of halogens is 1. The van der Waals surface area contributed by atoms with E-state index in [9.17, 15) is 0 Å². The summed E-state index contributed by atoms with van der Waals surface area (Å²) in [6.07, 6.45) is 0. The van der Waals surface area contributed by atoms with Crippen molar-refractivity contribution in [1.29, 1.82) is 0 Å². The van der Waals surface area contributed by atoms with Gasteiger partial charge in [-0.05, 0) is 23.8 Å². The van der Waals surface area contributed by atoms with Gasteiger partial charge in [-0.25, -0.2) is 0 Å². The molecule has 0 amide bonds. The lowest BCUT2D eigenvalue weighted by molar-refractivity contribution is 0.257. The fraction of sp³-hybridized carbons (Fsp3) is 0.273. The van der Waals surface area contributed by atoms with Crippen LogP contribution in [0.2, 0.25) is 5.02 Å². The van der Waals surface area contributed by atoms with Crippen LogP contribution in [-0.4, -0.2) is 15.3 Å². The predicted molar refractivity (Wildman–Crippen MR) is 60.7 cm³/mol. The molecule has 2 aromatic rings. The number of rotatable bonds is 4. The topological polar surface area (TPSA) is 68.4 Å². The van der Waals surface area contributed by atoms with Crippen LogP contribution in [0.3, 0.4) is 0 Å². The number of aliphatic hydroxyl groups is 1. The van der Waals surface area contributed by atoms with E-state index in [0.717, 1.165) is 0 Å². The Morgan fingerprint density at radius 1 is 1.41 bits per heavy atom. The van der Waals surface area contributed by atoms with Crippen molar-refractivity contribution in [3.05, 3.63) is 40.6 Å². The Bertz CT molecular complexity index is 513. The lowest BCUT2D eigenvalue weighted by Crippen LogP contribution is -1.96. The van der Waals surface area contributed by atoms with E-state index in [0.29, 0.717) is 28.1 Å². The standard InChI is InChI=1S/C11H11ClN2O3/c1-7-13-14-11(17-7)6-16-9-2-3-10(12)8(4-9)5-15/h2-4,15H,5-6H2,1H3. The van der Waals surface area contributed by atoms with E-state index in [1.54, 1.807) is 25.1 Å². The van der Waals surface area contributed by atoms with Gasteiger partial charge in [-0.2, -0.15) is 0 Å². The zero-order valence-corrected chi connectivity index (χ0v) is 9.94. The fourth-order valence-corrected chi connectivity index (χ4v) is 1.48. The first-order valence-electron chi connectivity index (χ1n) is 5.00. The lowest BCUT2D eigenvalue weighted by atomic mass is 10.2. The number of benzene rings is 1. The molecule has 0 spiro atoms. The number of hydrogen-bond donors (Lipinski definition) is 1. The molecule has 1 aromatic heterocycles. The molecule has 0 fully saturated rings. The maximum atomic E-state index is 9.05. The predicted octanol–water partition coefficient (Wildman–Crippen LogP) is 2.10. The van der Waals surface area contributed by atoms with Gasteiger partial charge in [0.15, 0.2) is 6.61 Å². The Labute approximate surface area is 103 Å². The van der Waals surface area contributed by atoms with Crippen molar-refractivity contribution < 1.29 is 14.3 Å². The molecule has 1 heterocycles. The van der Waals surface area contributed by atoms with Gasteiger partial charge in [-0.3, -0.25) is 0 Å². The second kappa shape index (κ2) is 5.16. The minimum atomic E-state index is -0.129. The van der Waals surface area contributed by atoms with Crippen LogP contribution in [0.4, 0.5) is 0 Å². The molecule has 0 radical (unpaired) electrons. The molecule has 1 N–H and O–H groups in total. The molecular weight excluding hydrogens is 244 g/mol. The van der Waals surface area contributed by atoms with Crippen molar-refractivity contribution in [2.75, 3.05) is 0 Å². The van der Waals surface area contributed by atoms with E-state index in [2.05, 4.69) is 10.2 Å². The van der Waals surface area contributed by atoms with Crippen LogP contribution in [0.25, 0.3) is 0 Å². The second-order valence-electron chi connectivity index (χ2n) is 3.41. The molecular formula is C11H11ClN2O3. The summed E-state index contributed by atoms with van der Waals surface area (Å²) < 4.78 is 10.6. The van der Waals surface area contributed by atoms with Gasteiger partial charge >= 0.3 is 0 Å². The Balaban J connectivity index is 2.04. The highest BCUT2D eigenvalue weighted by Crippen LogP contribution is 2.22. The van der Waals surface area contributed by atoms with Crippen molar-refractivity contribution in [1.82, 2.24) is 10.2 Å². The van der Waals surface area contributed by atoms with Crippen LogP contribution in [0.15, 0.2) is 22.6 Å². The number of ether oxygens (including phenoxy) is 1. The molecule has 0 aliphatic carbocycles. The minimum absolute atomic E-state index is 0.129. The molecule has 0 aliphatic rings. The maximum Gasteiger partial charge on any atom is 0.253 e. The zero-order chi connectivity index (χ0) is 12.3. The van der Waals surface area contributed by atoms with E-state index in [1.165, 1.54) is 0 Å². The molecule has 0 unspecified atom stereocenters. The van der Waals surface area contributed by atoms with Crippen LogP contribution in [0.5, 0.6) is 5.75 Å². The van der Waals surface area contributed by atoms with Crippen LogP contribution >= 0.6 is 11.6 Å². The molecule has 2 rings (SSSR count). The molecule has 0 atom stereocenters. The highest BCUT2D eigenvalue weighted by atomic mass is 35.5. The Morgan fingerprint density at radius 2 is 2.24 bits per heavy atom. The van der Waals surface area contributed by atoms with Crippen molar-refractivity contribution in [2.45, 2.75) is 20.1 Å². The Hall–Kier alpha value is -1.59. The molecule has 0 bridgehead atoms. The van der Waals surface area contributed by atoms with Crippen LogP contribution in [-0.2, 0) is 13.2 Å². The third-order valence-corrected chi connectivity index (χ3v) is 2.49. The van der Waals surface area contributed by atoms with Gasteiger partial charge in [-0.15, -0.1) is 10.2 Å². The van der Waals surface area contributed by atoms with Crippen LogP contribution in [0, 0.1) is 6.92 Å². The smallest absolute Gasteiger partial charge is 0.253 e. The van der Waals surface area contributed by atoms with Crippen LogP contribution < -0.4 is 4.74 Å². The summed E-state index contributed by atoms with van der Waals surface area (Å²) in [7, 11) is 0. The highest BCUT2D eigenvalue weighted by Gasteiger charge is 2.05. The number of aromatic nitrogens is 2. The summed E-state index contributed by atoms with van der Waals surface area (Å²) in [6.45, 7) is 1.77. The summed E-state index contributed by atoms with van der Waals surface area (Å²) in [5.74, 6) is 1.49. The first-order valence-corrected chi connectivity index (χ1v) is 5.38. The first-order chi connectivity index (χ1) is 8.19. The van der Waals surface area contributed by atoms with Gasteiger partial charge < -0.3 is 14.3 Å². The number of nitrogens with zero attached hydrogens (tertiary/aromatic N) is 2. The SMILES string of the molecule is Cc1nnc(COc2ccc(Cl)c(CO)c2)o1. The first kappa shape index (κ1) is 11.9. The van der Waals surface area contributed by atoms with Crippen molar-refractivity contribution in [2.24, 2.45) is 0 Å². The normalized spacial score (nSPS) is 10.5. The fourth-order valence-electron chi connectivity index (χ4n) is 1.30. The molecule has 17 heavy (non-hydrogen) atoms. The summed E-state index contributed by atoms with van der Waals surface area (Å²) >= 11 is 5.86.